The van der Waals surface area contributed by atoms with E-state index in [1.54, 1.807) is 12.1 Å². The van der Waals surface area contributed by atoms with Gasteiger partial charge in [0, 0.05) is 5.02 Å². The molecule has 0 bridgehead atoms. The first-order valence-electron chi connectivity index (χ1n) is 6.47. The summed E-state index contributed by atoms with van der Waals surface area (Å²) in [6, 6.07) is 7.30. The van der Waals surface area contributed by atoms with Crippen LogP contribution in [0.25, 0.3) is 0 Å². The summed E-state index contributed by atoms with van der Waals surface area (Å²) >= 11 is 5.98. The molecular formula is C15H19ClO2. The molecule has 0 aromatic heterocycles. The second-order valence-corrected chi connectivity index (χ2v) is 5.89. The molecule has 3 heteroatoms. The van der Waals surface area contributed by atoms with Crippen molar-refractivity contribution < 1.29 is 9.90 Å². The van der Waals surface area contributed by atoms with E-state index in [1.165, 1.54) is 0 Å². The minimum atomic E-state index is -0.725. The van der Waals surface area contributed by atoms with Crippen LogP contribution in [-0.2, 0) is 10.2 Å². The molecule has 0 spiro atoms. The van der Waals surface area contributed by atoms with E-state index in [9.17, 15) is 9.90 Å². The van der Waals surface area contributed by atoms with Crippen LogP contribution in [0, 0.1) is 5.41 Å². The van der Waals surface area contributed by atoms with Gasteiger partial charge in [-0.1, -0.05) is 50.4 Å². The molecule has 2 nitrogen and oxygen atoms in total. The molecule has 1 aliphatic rings. The Labute approximate surface area is 113 Å². The molecule has 1 saturated carbocycles. The van der Waals surface area contributed by atoms with E-state index in [4.69, 9.17) is 11.6 Å². The first kappa shape index (κ1) is 13.4. The Morgan fingerprint density at radius 1 is 1.33 bits per heavy atom. The lowest BCUT2D eigenvalue weighted by molar-refractivity contribution is -0.155. The summed E-state index contributed by atoms with van der Waals surface area (Å²) in [6.07, 6.45) is 3.53. The average molecular weight is 267 g/mol. The molecule has 2 rings (SSSR count). The van der Waals surface area contributed by atoms with E-state index in [-0.39, 0.29) is 5.41 Å². The summed E-state index contributed by atoms with van der Waals surface area (Å²) in [5.74, 6) is -0.720. The Morgan fingerprint density at radius 3 is 2.39 bits per heavy atom. The predicted molar refractivity (Wildman–Crippen MR) is 73.0 cm³/mol. The molecule has 1 N–H and O–H groups in total. The lowest BCUT2D eigenvalue weighted by atomic mass is 9.48. The van der Waals surface area contributed by atoms with Gasteiger partial charge < -0.3 is 5.11 Å². The summed E-state index contributed by atoms with van der Waals surface area (Å²) in [6.45, 7) is 4.29. The van der Waals surface area contributed by atoms with Crippen molar-refractivity contribution >= 4 is 17.6 Å². The summed E-state index contributed by atoms with van der Waals surface area (Å²) in [5, 5.41) is 10.2. The molecule has 1 aromatic rings. The van der Waals surface area contributed by atoms with Crippen LogP contribution in [0.2, 0.25) is 5.02 Å². The zero-order valence-electron chi connectivity index (χ0n) is 10.9. The maximum absolute atomic E-state index is 11.7. The number of aliphatic carboxylic acids is 1. The Bertz CT molecular complexity index is 455. The molecule has 0 unspecified atom stereocenters. The highest BCUT2D eigenvalue weighted by molar-refractivity contribution is 6.30. The highest BCUT2D eigenvalue weighted by Gasteiger charge is 2.58. The molecular weight excluding hydrogens is 248 g/mol. The Balaban J connectivity index is 2.35. The summed E-state index contributed by atoms with van der Waals surface area (Å²) < 4.78 is 0. The van der Waals surface area contributed by atoms with E-state index < -0.39 is 11.4 Å². The molecule has 0 atom stereocenters. The van der Waals surface area contributed by atoms with Crippen LogP contribution in [0.4, 0.5) is 0 Å². The van der Waals surface area contributed by atoms with Gasteiger partial charge in [-0.15, -0.1) is 0 Å². The first-order valence-corrected chi connectivity index (χ1v) is 6.85. The summed E-state index contributed by atoms with van der Waals surface area (Å²) in [7, 11) is 0. The zero-order chi connectivity index (χ0) is 13.4. The SMILES string of the molecule is CCC1(CC)CC(C(=O)O)(c2cccc(Cl)c2)C1. The number of carboxylic acid groups (broad SMARTS) is 1. The van der Waals surface area contributed by atoms with Gasteiger partial charge in [-0.2, -0.15) is 0 Å². The van der Waals surface area contributed by atoms with Crippen molar-refractivity contribution in [2.75, 3.05) is 0 Å². The summed E-state index contributed by atoms with van der Waals surface area (Å²) in [4.78, 5) is 11.7. The van der Waals surface area contributed by atoms with Gasteiger partial charge in [-0.3, -0.25) is 4.79 Å². The minimum absolute atomic E-state index is 0.195. The maximum atomic E-state index is 11.7. The number of carbonyl (C=O) groups is 1. The van der Waals surface area contributed by atoms with Crippen molar-refractivity contribution in [3.05, 3.63) is 34.9 Å². The van der Waals surface area contributed by atoms with Crippen molar-refractivity contribution in [3.8, 4) is 0 Å². The van der Waals surface area contributed by atoms with Gasteiger partial charge in [0.2, 0.25) is 0 Å². The third-order valence-electron chi connectivity index (χ3n) is 4.64. The minimum Gasteiger partial charge on any atom is -0.481 e. The molecule has 0 radical (unpaired) electrons. The molecule has 0 aliphatic heterocycles. The smallest absolute Gasteiger partial charge is 0.314 e. The van der Waals surface area contributed by atoms with Gasteiger partial charge in [0.1, 0.15) is 0 Å². The Kier molecular flexibility index (Phi) is 3.41. The number of benzene rings is 1. The second kappa shape index (κ2) is 4.58. The van der Waals surface area contributed by atoms with Gasteiger partial charge in [-0.05, 0) is 36.0 Å². The molecule has 1 aromatic carbocycles. The molecule has 98 valence electrons. The van der Waals surface area contributed by atoms with E-state index in [0.717, 1.165) is 31.2 Å². The summed E-state index contributed by atoms with van der Waals surface area (Å²) in [5.41, 5.74) is 0.317. The number of hydrogen-bond donors (Lipinski definition) is 1. The van der Waals surface area contributed by atoms with Gasteiger partial charge >= 0.3 is 5.97 Å². The van der Waals surface area contributed by atoms with Crippen LogP contribution < -0.4 is 0 Å². The molecule has 18 heavy (non-hydrogen) atoms. The van der Waals surface area contributed by atoms with Gasteiger partial charge in [-0.25, -0.2) is 0 Å². The van der Waals surface area contributed by atoms with Crippen molar-refractivity contribution in [2.24, 2.45) is 5.41 Å². The van der Waals surface area contributed by atoms with E-state index in [2.05, 4.69) is 13.8 Å². The fourth-order valence-electron chi connectivity index (χ4n) is 3.24. The lowest BCUT2D eigenvalue weighted by Crippen LogP contribution is -2.54. The van der Waals surface area contributed by atoms with Gasteiger partial charge in [0.25, 0.3) is 0 Å². The highest BCUT2D eigenvalue weighted by Crippen LogP contribution is 2.59. The van der Waals surface area contributed by atoms with Crippen LogP contribution in [-0.4, -0.2) is 11.1 Å². The predicted octanol–water partition coefficient (Wildman–Crippen LogP) is 4.26. The molecule has 0 amide bonds. The molecule has 0 saturated heterocycles. The van der Waals surface area contributed by atoms with Crippen LogP contribution in [0.1, 0.15) is 45.1 Å². The van der Waals surface area contributed by atoms with Crippen LogP contribution in [0.3, 0.4) is 0 Å². The topological polar surface area (TPSA) is 37.3 Å². The van der Waals surface area contributed by atoms with Crippen molar-refractivity contribution in [3.63, 3.8) is 0 Å². The largest absolute Gasteiger partial charge is 0.481 e. The number of carboxylic acids is 1. The van der Waals surface area contributed by atoms with Crippen LogP contribution in [0.5, 0.6) is 0 Å². The van der Waals surface area contributed by atoms with Crippen molar-refractivity contribution in [2.45, 2.75) is 44.9 Å². The number of halogens is 1. The monoisotopic (exact) mass is 266 g/mol. The quantitative estimate of drug-likeness (QED) is 0.884. The normalized spacial score (nSPS) is 20.2. The van der Waals surface area contributed by atoms with Gasteiger partial charge in [0.15, 0.2) is 0 Å². The highest BCUT2D eigenvalue weighted by atomic mass is 35.5. The third kappa shape index (κ3) is 1.93. The fraction of sp³-hybridized carbons (Fsp3) is 0.533. The third-order valence-corrected chi connectivity index (χ3v) is 4.88. The number of hydrogen-bond acceptors (Lipinski definition) is 1. The molecule has 0 heterocycles. The lowest BCUT2D eigenvalue weighted by Gasteiger charge is -2.54. The standard InChI is InChI=1S/C15H19ClO2/c1-3-14(4-2)9-15(10-14,13(17)18)11-6-5-7-12(16)8-11/h5-8H,3-4,9-10H2,1-2H3,(H,17,18). The number of rotatable bonds is 4. The van der Waals surface area contributed by atoms with E-state index >= 15 is 0 Å². The second-order valence-electron chi connectivity index (χ2n) is 5.46. The average Bonchev–Trinajstić information content (AvgIpc) is 2.29. The van der Waals surface area contributed by atoms with Crippen LogP contribution in [0.15, 0.2) is 24.3 Å². The first-order chi connectivity index (χ1) is 8.48. The van der Waals surface area contributed by atoms with Crippen molar-refractivity contribution in [1.29, 1.82) is 0 Å². The van der Waals surface area contributed by atoms with E-state index in [1.807, 2.05) is 12.1 Å². The Hall–Kier alpha value is -1.02. The van der Waals surface area contributed by atoms with E-state index in [0.29, 0.717) is 5.02 Å². The van der Waals surface area contributed by atoms with Gasteiger partial charge in [0.05, 0.1) is 5.41 Å². The van der Waals surface area contributed by atoms with Crippen LogP contribution >= 0.6 is 11.6 Å². The maximum Gasteiger partial charge on any atom is 0.314 e. The van der Waals surface area contributed by atoms with Crippen molar-refractivity contribution in [1.82, 2.24) is 0 Å². The molecule has 1 fully saturated rings. The zero-order valence-corrected chi connectivity index (χ0v) is 11.6. The Morgan fingerprint density at radius 2 is 1.94 bits per heavy atom. The fourth-order valence-corrected chi connectivity index (χ4v) is 3.43. The molecule has 1 aliphatic carbocycles.